The maximum atomic E-state index is 11.6. The lowest BCUT2D eigenvalue weighted by molar-refractivity contribution is 0.422. The molecule has 1 atom stereocenters. The standard InChI is InChI=1S/C47H79N5O2S2/c1-15-17-19-21-23-25-27-55-42-49-41(48-33-29-35(43(3,4)5)39(53)36(30-33)44(6,7)8)51-47(52-42,56-28-26-24-22-20-18-16-2)50-34-31-37(45(9,10)11)40(54)38(32-34)46(12,13)14/h29-32,50,53-54H,15-28H2,1-14H3,(H2,48,49,51,52). The van der Waals surface area contributed by atoms with E-state index in [2.05, 4.69) is 137 Å². The molecule has 1 aliphatic rings. The number of phenols is 2. The summed E-state index contributed by atoms with van der Waals surface area (Å²) in [5, 5.41) is 34.0. The summed E-state index contributed by atoms with van der Waals surface area (Å²) in [6, 6.07) is 8.30. The number of thioether (sulfide) groups is 2. The van der Waals surface area contributed by atoms with Gasteiger partial charge >= 0.3 is 0 Å². The third-order valence-corrected chi connectivity index (χ3v) is 12.4. The van der Waals surface area contributed by atoms with Crippen LogP contribution >= 0.6 is 23.5 Å². The molecule has 0 spiro atoms. The molecule has 0 radical (unpaired) electrons. The molecule has 0 amide bonds. The Bertz CT molecular complexity index is 1550. The quantitative estimate of drug-likeness (QED) is 0.0581. The van der Waals surface area contributed by atoms with Crippen molar-refractivity contribution < 1.29 is 10.2 Å². The van der Waals surface area contributed by atoms with Gasteiger partial charge in [0.05, 0.1) is 0 Å². The molecule has 5 N–H and O–H groups in total. The minimum Gasteiger partial charge on any atom is -0.507 e. The van der Waals surface area contributed by atoms with Crippen LogP contribution in [0.5, 0.6) is 11.5 Å². The summed E-state index contributed by atoms with van der Waals surface area (Å²) in [6.07, 6.45) is 14.8. The van der Waals surface area contributed by atoms with E-state index in [4.69, 9.17) is 9.98 Å². The number of anilines is 2. The summed E-state index contributed by atoms with van der Waals surface area (Å²) in [5.41, 5.74) is 4.25. The number of aromatic hydroxyl groups is 2. The van der Waals surface area contributed by atoms with Crippen LogP contribution in [0.1, 0.15) is 196 Å². The molecule has 1 unspecified atom stereocenters. The number of hydrogen-bond donors (Lipinski definition) is 5. The molecule has 0 saturated heterocycles. The van der Waals surface area contributed by atoms with Crippen LogP contribution in [0.4, 0.5) is 11.4 Å². The van der Waals surface area contributed by atoms with Gasteiger partial charge in [0.1, 0.15) is 11.5 Å². The molecule has 3 rings (SSSR count). The Morgan fingerprint density at radius 2 is 0.946 bits per heavy atom. The number of benzene rings is 2. The van der Waals surface area contributed by atoms with Gasteiger partial charge < -0.3 is 26.2 Å². The van der Waals surface area contributed by atoms with Crippen LogP contribution in [0, 0.1) is 0 Å². The van der Waals surface area contributed by atoms with Gasteiger partial charge in [-0.1, -0.05) is 185 Å². The highest BCUT2D eigenvalue weighted by Crippen LogP contribution is 2.44. The summed E-state index contributed by atoms with van der Waals surface area (Å²) in [4.78, 5) is 10.8. The number of phenolic OH excluding ortho intramolecular Hbond substituents is 2. The first-order valence-corrected chi connectivity index (χ1v) is 23.5. The largest absolute Gasteiger partial charge is 0.507 e. The number of hydrogen-bond acceptors (Lipinski definition) is 9. The second-order valence-corrected chi connectivity index (χ2v) is 22.3. The molecule has 0 aromatic heterocycles. The fourth-order valence-corrected chi connectivity index (χ4v) is 9.03. The first kappa shape index (κ1) is 47.9. The van der Waals surface area contributed by atoms with E-state index in [1.54, 1.807) is 23.5 Å². The second-order valence-electron chi connectivity index (χ2n) is 19.9. The minimum absolute atomic E-state index is 0.268. The number of nitrogens with zero attached hydrogens (tertiary/aromatic N) is 2. The molecule has 2 aromatic carbocycles. The predicted octanol–water partition coefficient (Wildman–Crippen LogP) is 13.9. The Labute approximate surface area is 351 Å². The van der Waals surface area contributed by atoms with Gasteiger partial charge in [0.25, 0.3) is 5.12 Å². The zero-order chi connectivity index (χ0) is 42.0. The van der Waals surface area contributed by atoms with E-state index < -0.39 is 5.12 Å². The van der Waals surface area contributed by atoms with Gasteiger partial charge in [-0.05, 0) is 64.5 Å². The van der Waals surface area contributed by atoms with Gasteiger partial charge in [0.15, 0.2) is 5.17 Å². The number of amidine groups is 1. The van der Waals surface area contributed by atoms with Crippen LogP contribution in [0.15, 0.2) is 34.3 Å². The van der Waals surface area contributed by atoms with E-state index in [0.717, 1.165) is 63.1 Å². The molecule has 9 heteroatoms. The SMILES string of the molecule is CCCCCCCCSC1=NC(Nc2cc(C(C)(C)C)c(O)c(C(C)(C)C)c2)(SCCCCCCCC)N=C(Nc2cc(C(C)(C)C)c(O)c(C(C)(C)C)c2)N1. The van der Waals surface area contributed by atoms with E-state index >= 15 is 0 Å². The van der Waals surface area contributed by atoms with Crippen molar-refractivity contribution >= 4 is 46.0 Å². The fourth-order valence-electron chi connectivity index (χ4n) is 6.93. The van der Waals surface area contributed by atoms with Gasteiger partial charge in [-0.25, -0.2) is 4.99 Å². The van der Waals surface area contributed by atoms with E-state index in [9.17, 15) is 10.2 Å². The van der Waals surface area contributed by atoms with Crippen molar-refractivity contribution in [3.63, 3.8) is 0 Å². The molecule has 1 heterocycles. The first-order valence-electron chi connectivity index (χ1n) is 21.6. The lowest BCUT2D eigenvalue weighted by Gasteiger charge is -2.35. The average Bonchev–Trinajstić information content (AvgIpc) is 3.07. The van der Waals surface area contributed by atoms with Crippen molar-refractivity contribution in [3.8, 4) is 11.5 Å². The summed E-state index contributed by atoms with van der Waals surface area (Å²) in [5.74, 6) is 3.19. The van der Waals surface area contributed by atoms with Crippen LogP contribution in [0.3, 0.4) is 0 Å². The third kappa shape index (κ3) is 14.4. The number of aliphatic imine (C=N–C) groups is 2. The Hall–Kier alpha value is -2.52. The van der Waals surface area contributed by atoms with E-state index in [1.165, 1.54) is 64.2 Å². The maximum absolute atomic E-state index is 11.6. The Morgan fingerprint density at radius 1 is 0.554 bits per heavy atom. The molecule has 2 aromatic rings. The molecule has 0 bridgehead atoms. The van der Waals surface area contributed by atoms with Crippen LogP contribution < -0.4 is 16.0 Å². The van der Waals surface area contributed by atoms with Gasteiger partial charge in [0.2, 0.25) is 5.96 Å². The summed E-state index contributed by atoms with van der Waals surface area (Å²) in [6.45, 7) is 30.3. The molecular formula is C47H79N5O2S2. The van der Waals surface area contributed by atoms with Crippen molar-refractivity contribution in [2.75, 3.05) is 22.1 Å². The van der Waals surface area contributed by atoms with Crippen LogP contribution in [0.2, 0.25) is 0 Å². The van der Waals surface area contributed by atoms with Crippen LogP contribution in [-0.4, -0.2) is 38.0 Å². The lowest BCUT2D eigenvalue weighted by Crippen LogP contribution is -2.46. The normalized spacial score (nSPS) is 16.7. The van der Waals surface area contributed by atoms with Crippen molar-refractivity contribution in [2.45, 2.75) is 201 Å². The summed E-state index contributed by atoms with van der Waals surface area (Å²) < 4.78 is 0. The average molecular weight is 810 g/mol. The van der Waals surface area contributed by atoms with Crippen molar-refractivity contribution in [1.82, 2.24) is 5.32 Å². The number of unbranched alkanes of at least 4 members (excludes halogenated alkanes) is 10. The Balaban J connectivity index is 2.18. The Morgan fingerprint density at radius 3 is 1.38 bits per heavy atom. The van der Waals surface area contributed by atoms with Crippen LogP contribution in [0.25, 0.3) is 0 Å². The second kappa shape index (κ2) is 20.4. The van der Waals surface area contributed by atoms with Gasteiger partial charge in [-0.2, -0.15) is 4.99 Å². The summed E-state index contributed by atoms with van der Waals surface area (Å²) in [7, 11) is 0. The zero-order valence-corrected chi connectivity index (χ0v) is 39.4. The molecule has 0 aliphatic carbocycles. The lowest BCUT2D eigenvalue weighted by atomic mass is 9.79. The minimum atomic E-state index is -1.06. The van der Waals surface area contributed by atoms with Crippen LogP contribution in [-0.2, 0) is 21.7 Å². The van der Waals surface area contributed by atoms with Crippen molar-refractivity contribution in [3.05, 3.63) is 46.5 Å². The first-order chi connectivity index (χ1) is 26.0. The molecule has 316 valence electrons. The van der Waals surface area contributed by atoms with Gasteiger partial charge in [-0.15, -0.1) is 0 Å². The highest BCUT2D eigenvalue weighted by atomic mass is 32.2. The molecule has 0 saturated carbocycles. The molecule has 56 heavy (non-hydrogen) atoms. The van der Waals surface area contributed by atoms with E-state index in [-0.39, 0.29) is 21.7 Å². The highest BCUT2D eigenvalue weighted by molar-refractivity contribution is 8.13. The molecule has 0 fully saturated rings. The molecular weight excluding hydrogens is 731 g/mol. The van der Waals surface area contributed by atoms with E-state index in [0.29, 0.717) is 17.5 Å². The van der Waals surface area contributed by atoms with Crippen molar-refractivity contribution in [2.24, 2.45) is 9.98 Å². The molecule has 1 aliphatic heterocycles. The number of guanidine groups is 1. The summed E-state index contributed by atoms with van der Waals surface area (Å²) >= 11 is 3.50. The van der Waals surface area contributed by atoms with Crippen molar-refractivity contribution in [1.29, 1.82) is 0 Å². The monoisotopic (exact) mass is 810 g/mol. The molecule has 7 nitrogen and oxygen atoms in total. The number of nitrogens with one attached hydrogen (secondary N) is 3. The maximum Gasteiger partial charge on any atom is 0.281 e. The predicted molar refractivity (Wildman–Crippen MR) is 251 cm³/mol. The third-order valence-electron chi connectivity index (χ3n) is 10.3. The zero-order valence-electron chi connectivity index (χ0n) is 37.8. The fraction of sp³-hybridized carbons (Fsp3) is 0.702. The van der Waals surface area contributed by atoms with E-state index in [1.807, 2.05) is 0 Å². The van der Waals surface area contributed by atoms with Gasteiger partial charge in [0, 0.05) is 39.4 Å². The Kier molecular flexibility index (Phi) is 17.5. The number of rotatable bonds is 18. The smallest absolute Gasteiger partial charge is 0.281 e. The topological polar surface area (TPSA) is 101 Å². The van der Waals surface area contributed by atoms with Gasteiger partial charge in [-0.3, -0.25) is 0 Å². The highest BCUT2D eigenvalue weighted by Gasteiger charge is 2.37.